The number of carbonyl (C=O) groups excluding carboxylic acids is 5. The Kier molecular flexibility index (Phi) is 17.0. The molecule has 0 heterocycles. The first kappa shape index (κ1) is 39.7. The summed E-state index contributed by atoms with van der Waals surface area (Å²) in [5.41, 5.74) is 9.52. The summed E-state index contributed by atoms with van der Waals surface area (Å²) in [6.07, 6.45) is -0.210. The smallest absolute Gasteiger partial charge is 0.407 e. The molecule has 250 valence electrons. The molecule has 0 rings (SSSR count). The highest BCUT2D eigenvalue weighted by molar-refractivity contribution is 5.81. The quantitative estimate of drug-likeness (QED) is 0.111. The number of unbranched alkanes of at least 4 members (excludes halogenated alkanes) is 1. The molecular formula is C29H56N6O8. The molecule has 0 saturated heterocycles. The minimum Gasteiger partial charge on any atom is -0.446 e. The molecule has 0 aliphatic rings. The standard InChI is InChI=1S/C29H56N6O8/c1-27(2,3)21(41-24(31)38)14-13-20(30)23(37)33-15-11-10-12-19(35-26(40)43-29(7,8)9)18-22(36)32-16-17-34-25(39)42-28(4,5)6/h19-21H,10-18,30H2,1-9H3,(H2,31,38)(H,32,36)(H,33,37)(H,34,39)(H,35,40)/t19-,20-,21?/m0/s1. The Morgan fingerprint density at radius 1 is 0.698 bits per heavy atom. The Hall–Kier alpha value is -3.29. The van der Waals surface area contributed by atoms with Crippen molar-refractivity contribution in [1.82, 2.24) is 21.3 Å². The van der Waals surface area contributed by atoms with Gasteiger partial charge in [0.25, 0.3) is 0 Å². The van der Waals surface area contributed by atoms with Gasteiger partial charge in [0.15, 0.2) is 0 Å². The van der Waals surface area contributed by atoms with Crippen LogP contribution in [0.5, 0.6) is 0 Å². The van der Waals surface area contributed by atoms with E-state index in [9.17, 15) is 24.0 Å². The maximum Gasteiger partial charge on any atom is 0.407 e. The van der Waals surface area contributed by atoms with Crippen LogP contribution in [-0.2, 0) is 23.8 Å². The third kappa shape index (κ3) is 22.0. The first-order valence-corrected chi connectivity index (χ1v) is 14.8. The second-order valence-corrected chi connectivity index (χ2v) is 13.6. The molecule has 0 aromatic heterocycles. The second-order valence-electron chi connectivity index (χ2n) is 13.6. The molecule has 0 bridgehead atoms. The predicted molar refractivity (Wildman–Crippen MR) is 163 cm³/mol. The van der Waals surface area contributed by atoms with Gasteiger partial charge in [0, 0.05) is 32.1 Å². The van der Waals surface area contributed by atoms with E-state index in [0.29, 0.717) is 38.6 Å². The van der Waals surface area contributed by atoms with Crippen LogP contribution in [0, 0.1) is 5.41 Å². The number of rotatable bonds is 16. The number of nitrogens with two attached hydrogens (primary N) is 2. The van der Waals surface area contributed by atoms with E-state index in [4.69, 9.17) is 25.7 Å². The van der Waals surface area contributed by atoms with Gasteiger partial charge < -0.3 is 46.9 Å². The molecule has 0 aliphatic carbocycles. The van der Waals surface area contributed by atoms with Crippen LogP contribution in [0.1, 0.15) is 101 Å². The van der Waals surface area contributed by atoms with Crippen molar-refractivity contribution in [3.63, 3.8) is 0 Å². The maximum atomic E-state index is 12.5. The topological polar surface area (TPSA) is 213 Å². The predicted octanol–water partition coefficient (Wildman–Crippen LogP) is 2.81. The molecule has 43 heavy (non-hydrogen) atoms. The summed E-state index contributed by atoms with van der Waals surface area (Å²) in [5, 5.41) is 10.8. The van der Waals surface area contributed by atoms with Crippen molar-refractivity contribution in [2.75, 3.05) is 19.6 Å². The lowest BCUT2D eigenvalue weighted by Crippen LogP contribution is -2.43. The monoisotopic (exact) mass is 616 g/mol. The molecule has 0 spiro atoms. The number of carbonyl (C=O) groups is 5. The molecule has 0 aliphatic heterocycles. The normalized spacial score (nSPS) is 14.0. The van der Waals surface area contributed by atoms with E-state index in [1.54, 1.807) is 41.5 Å². The summed E-state index contributed by atoms with van der Waals surface area (Å²) in [6, 6.07) is -1.29. The highest BCUT2D eigenvalue weighted by Crippen LogP contribution is 2.26. The summed E-state index contributed by atoms with van der Waals surface area (Å²) >= 11 is 0. The van der Waals surface area contributed by atoms with Gasteiger partial charge in [0.2, 0.25) is 11.8 Å². The number of ether oxygens (including phenoxy) is 3. The van der Waals surface area contributed by atoms with Crippen molar-refractivity contribution in [3.8, 4) is 0 Å². The summed E-state index contributed by atoms with van der Waals surface area (Å²) in [7, 11) is 0. The van der Waals surface area contributed by atoms with Gasteiger partial charge in [-0.3, -0.25) is 9.59 Å². The van der Waals surface area contributed by atoms with Crippen LogP contribution >= 0.6 is 0 Å². The number of amides is 5. The molecule has 0 radical (unpaired) electrons. The fourth-order valence-corrected chi connectivity index (χ4v) is 3.81. The van der Waals surface area contributed by atoms with Gasteiger partial charge in [-0.1, -0.05) is 20.8 Å². The number of hydrogen-bond donors (Lipinski definition) is 6. The van der Waals surface area contributed by atoms with Crippen LogP contribution in [0.15, 0.2) is 0 Å². The molecule has 1 unspecified atom stereocenters. The molecule has 5 amide bonds. The summed E-state index contributed by atoms with van der Waals surface area (Å²) in [4.78, 5) is 60.3. The Morgan fingerprint density at radius 3 is 1.79 bits per heavy atom. The van der Waals surface area contributed by atoms with Crippen LogP contribution in [-0.4, -0.2) is 79.1 Å². The third-order valence-electron chi connectivity index (χ3n) is 5.85. The zero-order chi connectivity index (χ0) is 33.4. The molecule has 14 nitrogen and oxygen atoms in total. The zero-order valence-electron chi connectivity index (χ0n) is 27.5. The molecule has 3 atom stereocenters. The molecular weight excluding hydrogens is 560 g/mol. The average Bonchev–Trinajstić information content (AvgIpc) is 2.80. The average molecular weight is 617 g/mol. The highest BCUT2D eigenvalue weighted by Gasteiger charge is 2.29. The summed E-state index contributed by atoms with van der Waals surface area (Å²) in [6.45, 7) is 16.9. The number of hydrogen-bond acceptors (Lipinski definition) is 9. The van der Waals surface area contributed by atoms with Gasteiger partial charge in [-0.25, -0.2) is 14.4 Å². The maximum absolute atomic E-state index is 12.5. The van der Waals surface area contributed by atoms with E-state index in [1.807, 2.05) is 20.8 Å². The van der Waals surface area contributed by atoms with Crippen LogP contribution < -0.4 is 32.7 Å². The van der Waals surface area contributed by atoms with Crippen LogP contribution in [0.2, 0.25) is 0 Å². The van der Waals surface area contributed by atoms with E-state index >= 15 is 0 Å². The van der Waals surface area contributed by atoms with Gasteiger partial charge in [-0.05, 0) is 79.1 Å². The van der Waals surface area contributed by atoms with Gasteiger partial charge in [0.05, 0.1) is 6.04 Å². The molecule has 8 N–H and O–H groups in total. The van der Waals surface area contributed by atoms with Gasteiger partial charge in [0.1, 0.15) is 17.3 Å². The summed E-state index contributed by atoms with van der Waals surface area (Å²) in [5.74, 6) is -0.630. The molecule has 0 fully saturated rings. The van der Waals surface area contributed by atoms with Crippen LogP contribution in [0.3, 0.4) is 0 Å². The Balaban J connectivity index is 4.72. The number of nitrogens with one attached hydrogen (secondary N) is 4. The molecule has 0 aromatic carbocycles. The van der Waals surface area contributed by atoms with Gasteiger partial charge in [-0.15, -0.1) is 0 Å². The van der Waals surface area contributed by atoms with Crippen molar-refractivity contribution in [3.05, 3.63) is 0 Å². The SMILES string of the molecule is CC(C)(C)OC(=O)NCCNC(=O)C[C@H](CCCCNC(=O)[C@@H](N)CCC(OC(N)=O)C(C)(C)C)NC(=O)OC(C)(C)C. The van der Waals surface area contributed by atoms with Crippen LogP contribution in [0.25, 0.3) is 0 Å². The first-order chi connectivity index (χ1) is 19.6. The Bertz CT molecular complexity index is 908. The minimum absolute atomic E-state index is 0.00519. The van der Waals surface area contributed by atoms with Crippen molar-refractivity contribution in [2.45, 2.75) is 130 Å². The zero-order valence-corrected chi connectivity index (χ0v) is 27.5. The van der Waals surface area contributed by atoms with E-state index in [1.165, 1.54) is 0 Å². The van der Waals surface area contributed by atoms with Crippen molar-refractivity contribution < 1.29 is 38.2 Å². The van der Waals surface area contributed by atoms with Gasteiger partial charge >= 0.3 is 18.3 Å². The minimum atomic E-state index is -0.870. The van der Waals surface area contributed by atoms with Gasteiger partial charge in [-0.2, -0.15) is 0 Å². The Morgan fingerprint density at radius 2 is 1.26 bits per heavy atom. The third-order valence-corrected chi connectivity index (χ3v) is 5.85. The van der Waals surface area contributed by atoms with Crippen molar-refractivity contribution in [2.24, 2.45) is 16.9 Å². The van der Waals surface area contributed by atoms with Crippen LogP contribution in [0.4, 0.5) is 14.4 Å². The fraction of sp³-hybridized carbons (Fsp3) is 0.828. The lowest BCUT2D eigenvalue weighted by Gasteiger charge is -2.30. The van der Waals surface area contributed by atoms with Crippen molar-refractivity contribution in [1.29, 1.82) is 0 Å². The molecule has 0 saturated carbocycles. The Labute approximate surface area is 256 Å². The van der Waals surface area contributed by atoms with E-state index in [-0.39, 0.29) is 36.7 Å². The molecule has 14 heteroatoms. The summed E-state index contributed by atoms with van der Waals surface area (Å²) < 4.78 is 15.7. The number of alkyl carbamates (subject to hydrolysis) is 2. The number of primary amides is 1. The first-order valence-electron chi connectivity index (χ1n) is 14.8. The lowest BCUT2D eigenvalue weighted by molar-refractivity contribution is -0.123. The highest BCUT2D eigenvalue weighted by atomic mass is 16.6. The fourth-order valence-electron chi connectivity index (χ4n) is 3.81. The second kappa shape index (κ2) is 18.4. The lowest BCUT2D eigenvalue weighted by atomic mass is 9.85. The van der Waals surface area contributed by atoms with Crippen molar-refractivity contribution >= 4 is 30.1 Å². The van der Waals surface area contributed by atoms with E-state index in [2.05, 4.69) is 21.3 Å². The van der Waals surface area contributed by atoms with E-state index in [0.717, 1.165) is 0 Å². The van der Waals surface area contributed by atoms with E-state index < -0.39 is 47.7 Å². The largest absolute Gasteiger partial charge is 0.446 e. The molecule has 0 aromatic rings.